The molecule has 0 amide bonds. The summed E-state index contributed by atoms with van der Waals surface area (Å²) in [6.07, 6.45) is 4.18. The number of hydrogen-bond donors (Lipinski definition) is 2. The number of likely N-dealkylation sites (tertiary alicyclic amines) is 1. The fraction of sp³-hybridized carbons (Fsp3) is 0.600. The zero-order chi connectivity index (χ0) is 12.4. The van der Waals surface area contributed by atoms with Gasteiger partial charge < -0.3 is 15.3 Å². The molecule has 2 N–H and O–H groups in total. The molecular weight excluding hydrogens is 224 g/mol. The molecule has 3 rings (SSSR count). The lowest BCUT2D eigenvalue weighted by Crippen LogP contribution is -2.27. The molecule has 1 saturated carbocycles. The molecule has 1 aromatic rings. The highest BCUT2D eigenvalue weighted by molar-refractivity contribution is 5.26. The van der Waals surface area contributed by atoms with E-state index in [4.69, 9.17) is 0 Å². The standard InChI is InChI=1S/C15H22N2O/c18-15-3-1-2-12(8-15)9-16-10-13-6-7-17(11-13)14-4-5-14/h1-3,8,13-14,16,18H,4-7,9-11H2. The van der Waals surface area contributed by atoms with Gasteiger partial charge in [-0.3, -0.25) is 0 Å². The summed E-state index contributed by atoms with van der Waals surface area (Å²) >= 11 is 0. The van der Waals surface area contributed by atoms with Gasteiger partial charge in [-0.15, -0.1) is 0 Å². The molecule has 0 radical (unpaired) electrons. The highest BCUT2D eigenvalue weighted by Crippen LogP contribution is 2.31. The summed E-state index contributed by atoms with van der Waals surface area (Å²) in [6, 6.07) is 8.42. The molecule has 18 heavy (non-hydrogen) atoms. The molecule has 1 aliphatic heterocycles. The van der Waals surface area contributed by atoms with E-state index in [2.05, 4.69) is 16.3 Å². The SMILES string of the molecule is Oc1cccc(CNCC2CCN(C3CC3)C2)c1. The minimum Gasteiger partial charge on any atom is -0.508 e. The first-order valence-electron chi connectivity index (χ1n) is 7.04. The molecular formula is C15H22N2O. The van der Waals surface area contributed by atoms with Crippen molar-refractivity contribution in [3.05, 3.63) is 29.8 Å². The molecule has 0 spiro atoms. The Morgan fingerprint density at radius 3 is 2.94 bits per heavy atom. The Bertz CT molecular complexity index is 403. The predicted octanol–water partition coefficient (Wildman–Crippen LogP) is 1.97. The van der Waals surface area contributed by atoms with Gasteiger partial charge in [0, 0.05) is 19.1 Å². The largest absolute Gasteiger partial charge is 0.508 e. The van der Waals surface area contributed by atoms with Crippen LogP contribution in [0.2, 0.25) is 0 Å². The number of phenolic OH excluding ortho intramolecular Hbond substituents is 1. The van der Waals surface area contributed by atoms with E-state index in [1.54, 1.807) is 6.07 Å². The zero-order valence-corrected chi connectivity index (χ0v) is 10.8. The Hall–Kier alpha value is -1.06. The topological polar surface area (TPSA) is 35.5 Å². The van der Waals surface area contributed by atoms with Crippen molar-refractivity contribution in [3.8, 4) is 5.75 Å². The second kappa shape index (κ2) is 5.29. The highest BCUT2D eigenvalue weighted by atomic mass is 16.3. The Morgan fingerprint density at radius 2 is 2.17 bits per heavy atom. The van der Waals surface area contributed by atoms with Crippen LogP contribution in [0.4, 0.5) is 0 Å². The Kier molecular flexibility index (Phi) is 3.52. The van der Waals surface area contributed by atoms with Crippen LogP contribution in [0.5, 0.6) is 5.75 Å². The number of benzene rings is 1. The summed E-state index contributed by atoms with van der Waals surface area (Å²) in [5.74, 6) is 1.16. The normalized spacial score (nSPS) is 24.6. The molecule has 1 aliphatic carbocycles. The van der Waals surface area contributed by atoms with Gasteiger partial charge in [-0.2, -0.15) is 0 Å². The van der Waals surface area contributed by atoms with Crippen molar-refractivity contribution in [1.29, 1.82) is 0 Å². The summed E-state index contributed by atoms with van der Waals surface area (Å²) in [5.41, 5.74) is 1.16. The fourth-order valence-electron chi connectivity index (χ4n) is 2.89. The van der Waals surface area contributed by atoms with E-state index in [1.165, 1.54) is 32.4 Å². The van der Waals surface area contributed by atoms with Crippen LogP contribution in [0.1, 0.15) is 24.8 Å². The van der Waals surface area contributed by atoms with Crippen molar-refractivity contribution in [3.63, 3.8) is 0 Å². The number of rotatable bonds is 5. The minimum atomic E-state index is 0.357. The number of aromatic hydroxyl groups is 1. The van der Waals surface area contributed by atoms with Gasteiger partial charge in [-0.25, -0.2) is 0 Å². The highest BCUT2D eigenvalue weighted by Gasteiger charge is 2.33. The second-order valence-electron chi connectivity index (χ2n) is 5.68. The molecule has 0 aromatic heterocycles. The van der Waals surface area contributed by atoms with Gasteiger partial charge in [0.15, 0.2) is 0 Å². The summed E-state index contributed by atoms with van der Waals surface area (Å²) in [4.78, 5) is 2.65. The smallest absolute Gasteiger partial charge is 0.115 e. The summed E-state index contributed by atoms with van der Waals surface area (Å²) in [7, 11) is 0. The Labute approximate surface area is 109 Å². The maximum absolute atomic E-state index is 9.39. The van der Waals surface area contributed by atoms with E-state index in [0.717, 1.165) is 30.6 Å². The lowest BCUT2D eigenvalue weighted by Gasteiger charge is -2.15. The molecule has 1 unspecified atom stereocenters. The van der Waals surface area contributed by atoms with Crippen LogP contribution in [0.3, 0.4) is 0 Å². The van der Waals surface area contributed by atoms with Crippen LogP contribution >= 0.6 is 0 Å². The molecule has 3 heteroatoms. The number of phenols is 1. The van der Waals surface area contributed by atoms with Crippen LogP contribution in [0.25, 0.3) is 0 Å². The van der Waals surface area contributed by atoms with Crippen molar-refractivity contribution in [2.75, 3.05) is 19.6 Å². The number of hydrogen-bond acceptors (Lipinski definition) is 3. The maximum Gasteiger partial charge on any atom is 0.115 e. The Balaban J connectivity index is 1.39. The third-order valence-electron chi connectivity index (χ3n) is 4.05. The molecule has 98 valence electrons. The van der Waals surface area contributed by atoms with E-state index in [0.29, 0.717) is 5.75 Å². The lowest BCUT2D eigenvalue weighted by atomic mass is 10.1. The first kappa shape index (κ1) is 12.0. The molecule has 2 fully saturated rings. The van der Waals surface area contributed by atoms with E-state index < -0.39 is 0 Å². The van der Waals surface area contributed by atoms with Gasteiger partial charge in [0.05, 0.1) is 0 Å². The lowest BCUT2D eigenvalue weighted by molar-refractivity contribution is 0.312. The van der Waals surface area contributed by atoms with E-state index in [-0.39, 0.29) is 0 Å². The number of nitrogens with one attached hydrogen (secondary N) is 1. The predicted molar refractivity (Wildman–Crippen MR) is 72.5 cm³/mol. The van der Waals surface area contributed by atoms with E-state index in [1.807, 2.05) is 12.1 Å². The molecule has 1 heterocycles. The third kappa shape index (κ3) is 3.03. The third-order valence-corrected chi connectivity index (χ3v) is 4.05. The Morgan fingerprint density at radius 1 is 1.28 bits per heavy atom. The van der Waals surface area contributed by atoms with Crippen molar-refractivity contribution in [1.82, 2.24) is 10.2 Å². The first-order chi connectivity index (χ1) is 8.81. The summed E-state index contributed by atoms with van der Waals surface area (Å²) < 4.78 is 0. The summed E-state index contributed by atoms with van der Waals surface area (Å²) in [6.45, 7) is 4.52. The second-order valence-corrected chi connectivity index (χ2v) is 5.68. The average Bonchev–Trinajstić information content (AvgIpc) is 3.10. The van der Waals surface area contributed by atoms with Crippen molar-refractivity contribution < 1.29 is 5.11 Å². The average molecular weight is 246 g/mol. The summed E-state index contributed by atoms with van der Waals surface area (Å²) in [5, 5.41) is 12.9. The first-order valence-corrected chi connectivity index (χ1v) is 7.04. The molecule has 1 saturated heterocycles. The fourth-order valence-corrected chi connectivity index (χ4v) is 2.89. The van der Waals surface area contributed by atoms with Crippen molar-refractivity contribution in [2.24, 2.45) is 5.92 Å². The molecule has 1 atom stereocenters. The van der Waals surface area contributed by atoms with Gasteiger partial charge in [-0.05, 0) is 56.0 Å². The molecule has 3 nitrogen and oxygen atoms in total. The van der Waals surface area contributed by atoms with Crippen LogP contribution < -0.4 is 5.32 Å². The van der Waals surface area contributed by atoms with Crippen LogP contribution in [-0.2, 0) is 6.54 Å². The minimum absolute atomic E-state index is 0.357. The van der Waals surface area contributed by atoms with Crippen LogP contribution in [0, 0.1) is 5.92 Å². The quantitative estimate of drug-likeness (QED) is 0.834. The van der Waals surface area contributed by atoms with Gasteiger partial charge in [0.2, 0.25) is 0 Å². The maximum atomic E-state index is 9.39. The van der Waals surface area contributed by atoms with Gasteiger partial charge in [-0.1, -0.05) is 12.1 Å². The van der Waals surface area contributed by atoms with Gasteiger partial charge >= 0.3 is 0 Å². The van der Waals surface area contributed by atoms with Crippen LogP contribution in [-0.4, -0.2) is 35.7 Å². The number of nitrogens with zero attached hydrogens (tertiary/aromatic N) is 1. The monoisotopic (exact) mass is 246 g/mol. The molecule has 1 aromatic carbocycles. The van der Waals surface area contributed by atoms with Gasteiger partial charge in [0.25, 0.3) is 0 Å². The van der Waals surface area contributed by atoms with Gasteiger partial charge in [0.1, 0.15) is 5.75 Å². The van der Waals surface area contributed by atoms with Crippen molar-refractivity contribution >= 4 is 0 Å². The molecule has 0 bridgehead atoms. The zero-order valence-electron chi connectivity index (χ0n) is 10.8. The molecule has 2 aliphatic rings. The van der Waals surface area contributed by atoms with Crippen molar-refractivity contribution in [2.45, 2.75) is 31.8 Å². The van der Waals surface area contributed by atoms with Crippen LogP contribution in [0.15, 0.2) is 24.3 Å². The van der Waals surface area contributed by atoms with E-state index in [9.17, 15) is 5.11 Å². The van der Waals surface area contributed by atoms with E-state index >= 15 is 0 Å².